The summed E-state index contributed by atoms with van der Waals surface area (Å²) in [5.41, 5.74) is 8.94. The van der Waals surface area contributed by atoms with Crippen molar-refractivity contribution in [3.05, 3.63) is 47.0 Å². The van der Waals surface area contributed by atoms with Gasteiger partial charge in [0.15, 0.2) is 11.5 Å². The van der Waals surface area contributed by atoms with Crippen LogP contribution in [0.4, 0.5) is 10.5 Å². The molecule has 0 saturated carbocycles. The molecule has 2 saturated heterocycles. The molecule has 9 heteroatoms. The lowest BCUT2D eigenvalue weighted by Crippen LogP contribution is -2.40. The van der Waals surface area contributed by atoms with E-state index in [1.165, 1.54) is 0 Å². The fourth-order valence-electron chi connectivity index (χ4n) is 5.86. The predicted molar refractivity (Wildman–Crippen MR) is 125 cm³/mol. The van der Waals surface area contributed by atoms with Crippen molar-refractivity contribution in [2.24, 2.45) is 5.73 Å². The average molecular weight is 468 g/mol. The molecule has 3 heterocycles. The standard InChI is InChI=1S/C25H29N3O6/c1-13-22(31-3)21-18(24(23(13)32-4)33-11-15-8-6-5-7-9-15)16(12-34-25(26)30)19-20-17(10-27(19)21)28(20)14(2)29/h5-9,16-17,19-20H,10-12H2,1-4H3,(H2,26,30)/t16-,17+,19+,20+,28?/m1/s1. The number of rotatable bonds is 7. The summed E-state index contributed by atoms with van der Waals surface area (Å²) in [6, 6.07) is 9.95. The number of methoxy groups -OCH3 is 2. The molecule has 34 heavy (non-hydrogen) atoms. The van der Waals surface area contributed by atoms with Crippen LogP contribution in [0.3, 0.4) is 0 Å². The van der Waals surface area contributed by atoms with Crippen LogP contribution in [0, 0.1) is 6.92 Å². The Hall–Kier alpha value is -3.62. The number of nitrogens with two attached hydrogens (primary N) is 1. The predicted octanol–water partition coefficient (Wildman–Crippen LogP) is 2.57. The van der Waals surface area contributed by atoms with Crippen molar-refractivity contribution in [3.63, 3.8) is 0 Å². The number of benzene rings is 2. The van der Waals surface area contributed by atoms with Gasteiger partial charge in [-0.05, 0) is 12.5 Å². The Morgan fingerprint density at radius 1 is 1.06 bits per heavy atom. The van der Waals surface area contributed by atoms with Crippen molar-refractivity contribution in [1.29, 1.82) is 0 Å². The van der Waals surface area contributed by atoms with E-state index >= 15 is 0 Å². The minimum absolute atomic E-state index is 0.0318. The summed E-state index contributed by atoms with van der Waals surface area (Å²) in [7, 11) is 3.23. The van der Waals surface area contributed by atoms with Crippen molar-refractivity contribution < 1.29 is 28.5 Å². The maximum atomic E-state index is 12.2. The van der Waals surface area contributed by atoms with Crippen LogP contribution < -0.4 is 24.8 Å². The normalized spacial score (nSPS) is 23.6. The lowest BCUT2D eigenvalue weighted by Gasteiger charge is -2.28. The molecule has 9 nitrogen and oxygen atoms in total. The van der Waals surface area contributed by atoms with Crippen LogP contribution in [0.1, 0.15) is 29.5 Å². The topological polar surface area (TPSA) is 103 Å². The second-order valence-corrected chi connectivity index (χ2v) is 8.92. The Bertz CT molecular complexity index is 1140. The molecule has 0 unspecified atom stereocenters. The lowest BCUT2D eigenvalue weighted by atomic mass is 9.91. The molecular formula is C25H29N3O6. The van der Waals surface area contributed by atoms with Gasteiger partial charge in [-0.1, -0.05) is 30.3 Å². The minimum atomic E-state index is -0.841. The smallest absolute Gasteiger partial charge is 0.404 e. The summed E-state index contributed by atoms with van der Waals surface area (Å²) in [5.74, 6) is 1.64. The van der Waals surface area contributed by atoms with Gasteiger partial charge in [-0.25, -0.2) is 4.79 Å². The zero-order chi connectivity index (χ0) is 24.1. The number of carbonyl (C=O) groups is 2. The maximum Gasteiger partial charge on any atom is 0.404 e. The van der Waals surface area contributed by atoms with Gasteiger partial charge in [0, 0.05) is 30.5 Å². The number of carbonyl (C=O) groups excluding carboxylic acids is 2. The van der Waals surface area contributed by atoms with Crippen LogP contribution in [0.25, 0.3) is 0 Å². The molecule has 0 aliphatic carbocycles. The number of hydrogen-bond acceptors (Lipinski definition) is 7. The van der Waals surface area contributed by atoms with Gasteiger partial charge in [0.2, 0.25) is 5.91 Å². The zero-order valence-corrected chi connectivity index (χ0v) is 19.7. The highest BCUT2D eigenvalue weighted by Crippen LogP contribution is 2.62. The molecule has 2 fully saturated rings. The van der Waals surface area contributed by atoms with Gasteiger partial charge in [-0.15, -0.1) is 0 Å². The number of hydrogen-bond donors (Lipinski definition) is 1. The molecule has 2 aromatic carbocycles. The highest BCUT2D eigenvalue weighted by atomic mass is 16.5. The van der Waals surface area contributed by atoms with Gasteiger partial charge < -0.3 is 34.5 Å². The third-order valence-corrected chi connectivity index (χ3v) is 7.15. The second-order valence-electron chi connectivity index (χ2n) is 8.92. The monoisotopic (exact) mass is 467 g/mol. The van der Waals surface area contributed by atoms with Gasteiger partial charge in [0.1, 0.15) is 19.0 Å². The largest absolute Gasteiger partial charge is 0.494 e. The number of ether oxygens (including phenoxy) is 4. The fraction of sp³-hybridized carbons (Fsp3) is 0.440. The summed E-state index contributed by atoms with van der Waals surface area (Å²) in [6.45, 7) is 4.61. The van der Waals surface area contributed by atoms with Crippen molar-refractivity contribution in [1.82, 2.24) is 4.90 Å². The van der Waals surface area contributed by atoms with Gasteiger partial charge in [0.25, 0.3) is 0 Å². The molecule has 3 aliphatic heterocycles. The van der Waals surface area contributed by atoms with Gasteiger partial charge in [-0.3, -0.25) is 4.79 Å². The molecular weight excluding hydrogens is 438 g/mol. The third kappa shape index (κ3) is 3.29. The number of primary amides is 1. The van der Waals surface area contributed by atoms with E-state index in [4.69, 9.17) is 24.7 Å². The van der Waals surface area contributed by atoms with Gasteiger partial charge >= 0.3 is 6.09 Å². The van der Waals surface area contributed by atoms with Crippen molar-refractivity contribution in [2.75, 3.05) is 32.3 Å². The third-order valence-electron chi connectivity index (χ3n) is 7.15. The number of piperazine rings is 1. The fourth-order valence-corrected chi connectivity index (χ4v) is 5.86. The summed E-state index contributed by atoms with van der Waals surface area (Å²) >= 11 is 0. The van der Waals surface area contributed by atoms with Crippen LogP contribution in [-0.4, -0.2) is 62.4 Å². The van der Waals surface area contributed by atoms with E-state index in [1.54, 1.807) is 21.1 Å². The highest BCUT2D eigenvalue weighted by Gasteiger charge is 2.67. The minimum Gasteiger partial charge on any atom is -0.494 e. The van der Waals surface area contributed by atoms with Crippen LogP contribution in [-0.2, 0) is 16.1 Å². The van der Waals surface area contributed by atoms with Crippen LogP contribution in [0.2, 0.25) is 0 Å². The number of amides is 2. The van der Waals surface area contributed by atoms with Crippen LogP contribution >= 0.6 is 0 Å². The Balaban J connectivity index is 1.63. The van der Waals surface area contributed by atoms with E-state index < -0.39 is 6.09 Å². The number of anilines is 1. The molecule has 0 bridgehead atoms. The Morgan fingerprint density at radius 3 is 2.38 bits per heavy atom. The van der Waals surface area contributed by atoms with E-state index in [1.807, 2.05) is 42.2 Å². The van der Waals surface area contributed by atoms with E-state index in [-0.39, 0.29) is 36.6 Å². The Morgan fingerprint density at radius 2 is 1.76 bits per heavy atom. The molecule has 0 aromatic heterocycles. The average Bonchev–Trinajstić information content (AvgIpc) is 3.26. The molecule has 2 aromatic rings. The molecule has 0 radical (unpaired) electrons. The summed E-state index contributed by atoms with van der Waals surface area (Å²) in [6.07, 6.45) is -0.841. The summed E-state index contributed by atoms with van der Waals surface area (Å²) in [4.78, 5) is 27.9. The lowest BCUT2D eigenvalue weighted by molar-refractivity contribution is -0.124. The first-order valence-corrected chi connectivity index (χ1v) is 11.3. The molecule has 2 amide bonds. The van der Waals surface area contributed by atoms with Crippen molar-refractivity contribution >= 4 is 17.7 Å². The molecule has 5 rings (SSSR count). The molecule has 2 N–H and O–H groups in total. The van der Waals surface area contributed by atoms with Crippen molar-refractivity contribution in [2.45, 2.75) is 44.5 Å². The van der Waals surface area contributed by atoms with Crippen molar-refractivity contribution in [3.8, 4) is 17.2 Å². The van der Waals surface area contributed by atoms with Gasteiger partial charge in [-0.2, -0.15) is 0 Å². The summed E-state index contributed by atoms with van der Waals surface area (Å²) < 4.78 is 23.4. The molecule has 4 atom stereocenters. The van der Waals surface area contributed by atoms with Crippen LogP contribution in [0.5, 0.6) is 17.2 Å². The first-order valence-electron chi connectivity index (χ1n) is 11.3. The first-order chi connectivity index (χ1) is 16.4. The van der Waals surface area contributed by atoms with E-state index in [0.717, 1.165) is 22.4 Å². The zero-order valence-electron chi connectivity index (χ0n) is 19.7. The number of fused-ring (bicyclic) bond motifs is 5. The molecule has 180 valence electrons. The second kappa shape index (κ2) is 8.30. The number of nitrogens with zero attached hydrogens (tertiary/aromatic N) is 2. The highest BCUT2D eigenvalue weighted by molar-refractivity contribution is 5.84. The maximum absolute atomic E-state index is 12.2. The first kappa shape index (κ1) is 22.2. The van der Waals surface area contributed by atoms with Gasteiger partial charge in [0.05, 0.1) is 38.0 Å². The quantitative estimate of drug-likeness (QED) is 0.624. The molecule has 0 spiro atoms. The SMILES string of the molecule is COc1c(C)c(OC)c2c(c1OCc1ccccc1)[C@@H](COC(N)=O)[C@H]1[C@@H]3[C@H](CN21)N3C(C)=O. The summed E-state index contributed by atoms with van der Waals surface area (Å²) in [5, 5.41) is 0. The van der Waals surface area contributed by atoms with E-state index in [9.17, 15) is 9.59 Å². The Labute approximate surface area is 198 Å². The molecule has 3 aliphatic rings. The van der Waals surface area contributed by atoms with E-state index in [2.05, 4.69) is 4.90 Å². The van der Waals surface area contributed by atoms with Crippen LogP contribution in [0.15, 0.2) is 30.3 Å². The van der Waals surface area contributed by atoms with E-state index in [0.29, 0.717) is 30.4 Å². The Kier molecular flexibility index (Phi) is 5.42.